The molecule has 3 aliphatic heterocycles. The number of aryl methyl sites for hydroxylation is 1. The standard InChI is InChI=1S/C20H28N4O4/c1-4-23(5-2)10-6-9-21-18(25)16-14-7-8-20(27-14)12-24(19(26)17(16)20)15-11-13(3)28-22-15/h7-8,11,14,16-17H,4-6,9-10,12H2,1-3H3,(H,21,25)/t14-,16?,17?,20-/m0/s1. The molecule has 2 fully saturated rings. The Bertz CT molecular complexity index is 787. The van der Waals surface area contributed by atoms with Crippen LogP contribution in [0.1, 0.15) is 26.0 Å². The van der Waals surface area contributed by atoms with Crippen molar-refractivity contribution in [2.45, 2.75) is 38.9 Å². The number of carbonyl (C=O) groups is 2. The Kier molecular flexibility index (Phi) is 5.01. The molecule has 1 aromatic rings. The van der Waals surface area contributed by atoms with E-state index in [0.717, 1.165) is 26.1 Å². The van der Waals surface area contributed by atoms with E-state index >= 15 is 0 Å². The van der Waals surface area contributed by atoms with Crippen LogP contribution in [0.2, 0.25) is 0 Å². The molecule has 2 bridgehead atoms. The predicted octanol–water partition coefficient (Wildman–Crippen LogP) is 1.12. The molecule has 8 nitrogen and oxygen atoms in total. The highest BCUT2D eigenvalue weighted by molar-refractivity contribution is 6.02. The first kappa shape index (κ1) is 19.1. The lowest BCUT2D eigenvalue weighted by Gasteiger charge is -2.23. The average molecular weight is 388 g/mol. The topological polar surface area (TPSA) is 87.9 Å². The fourth-order valence-corrected chi connectivity index (χ4v) is 4.64. The van der Waals surface area contributed by atoms with Gasteiger partial charge >= 0.3 is 0 Å². The third-order valence-corrected chi connectivity index (χ3v) is 6.14. The van der Waals surface area contributed by atoms with Gasteiger partial charge in [-0.05, 0) is 33.0 Å². The number of fused-ring (bicyclic) bond motifs is 1. The summed E-state index contributed by atoms with van der Waals surface area (Å²) < 4.78 is 11.2. The fraction of sp³-hybridized carbons (Fsp3) is 0.650. The van der Waals surface area contributed by atoms with Gasteiger partial charge in [-0.1, -0.05) is 31.2 Å². The first-order valence-corrected chi connectivity index (χ1v) is 10.1. The maximum atomic E-state index is 13.1. The molecule has 8 heteroatoms. The summed E-state index contributed by atoms with van der Waals surface area (Å²) in [6.45, 7) is 9.97. The van der Waals surface area contributed by atoms with Crippen LogP contribution in [0, 0.1) is 18.8 Å². The van der Waals surface area contributed by atoms with Crippen LogP contribution in [-0.2, 0) is 14.3 Å². The van der Waals surface area contributed by atoms with Crippen molar-refractivity contribution >= 4 is 17.6 Å². The predicted molar refractivity (Wildman–Crippen MR) is 103 cm³/mol. The highest BCUT2D eigenvalue weighted by Gasteiger charge is 2.67. The number of hydrogen-bond acceptors (Lipinski definition) is 6. The Morgan fingerprint density at radius 1 is 1.43 bits per heavy atom. The zero-order valence-electron chi connectivity index (χ0n) is 16.7. The molecule has 0 radical (unpaired) electrons. The van der Waals surface area contributed by atoms with E-state index in [4.69, 9.17) is 9.26 Å². The summed E-state index contributed by atoms with van der Waals surface area (Å²) in [4.78, 5) is 29.9. The zero-order chi connectivity index (χ0) is 19.9. The van der Waals surface area contributed by atoms with Crippen molar-refractivity contribution in [3.63, 3.8) is 0 Å². The number of anilines is 1. The third-order valence-electron chi connectivity index (χ3n) is 6.14. The van der Waals surface area contributed by atoms with Gasteiger partial charge in [0.05, 0.1) is 24.5 Å². The lowest BCUT2D eigenvalue weighted by molar-refractivity contribution is -0.131. The lowest BCUT2D eigenvalue weighted by atomic mass is 9.77. The van der Waals surface area contributed by atoms with E-state index in [1.807, 2.05) is 12.2 Å². The smallest absolute Gasteiger partial charge is 0.235 e. The molecule has 1 spiro atoms. The molecule has 3 aliphatic rings. The molecule has 2 unspecified atom stereocenters. The number of ether oxygens (including phenoxy) is 1. The van der Waals surface area contributed by atoms with Crippen molar-refractivity contribution in [3.05, 3.63) is 24.0 Å². The van der Waals surface area contributed by atoms with Gasteiger partial charge in [0.2, 0.25) is 11.8 Å². The van der Waals surface area contributed by atoms with Gasteiger partial charge in [-0.3, -0.25) is 14.5 Å². The van der Waals surface area contributed by atoms with Gasteiger partial charge in [-0.25, -0.2) is 0 Å². The lowest BCUT2D eigenvalue weighted by Crippen LogP contribution is -2.44. The molecule has 0 aliphatic carbocycles. The summed E-state index contributed by atoms with van der Waals surface area (Å²) in [5.41, 5.74) is -0.738. The highest BCUT2D eigenvalue weighted by Crippen LogP contribution is 2.52. The summed E-state index contributed by atoms with van der Waals surface area (Å²) in [5, 5.41) is 6.98. The van der Waals surface area contributed by atoms with Gasteiger partial charge < -0.3 is 19.5 Å². The number of rotatable bonds is 8. The average Bonchev–Trinajstić information content (AvgIpc) is 3.43. The molecule has 4 rings (SSSR count). The van der Waals surface area contributed by atoms with E-state index in [1.165, 1.54) is 0 Å². The number of nitrogens with one attached hydrogen (secondary N) is 1. The van der Waals surface area contributed by atoms with Gasteiger partial charge in [0, 0.05) is 12.6 Å². The van der Waals surface area contributed by atoms with Crippen molar-refractivity contribution in [1.29, 1.82) is 0 Å². The molecular weight excluding hydrogens is 360 g/mol. The van der Waals surface area contributed by atoms with Crippen LogP contribution in [-0.4, -0.2) is 66.3 Å². The van der Waals surface area contributed by atoms with Gasteiger partial charge in [-0.15, -0.1) is 0 Å². The molecule has 0 saturated carbocycles. The number of nitrogens with zero attached hydrogens (tertiary/aromatic N) is 3. The van der Waals surface area contributed by atoms with E-state index in [-0.39, 0.29) is 17.9 Å². The zero-order valence-corrected chi connectivity index (χ0v) is 16.7. The van der Waals surface area contributed by atoms with Crippen LogP contribution in [0.25, 0.3) is 0 Å². The Morgan fingerprint density at radius 3 is 2.89 bits per heavy atom. The molecule has 4 atom stereocenters. The minimum absolute atomic E-state index is 0.104. The molecule has 1 aromatic heterocycles. The minimum atomic E-state index is -0.738. The summed E-state index contributed by atoms with van der Waals surface area (Å²) in [6.07, 6.45) is 4.41. The Morgan fingerprint density at radius 2 is 2.21 bits per heavy atom. The van der Waals surface area contributed by atoms with E-state index in [2.05, 4.69) is 29.2 Å². The molecule has 0 aromatic carbocycles. The summed E-state index contributed by atoms with van der Waals surface area (Å²) in [6, 6.07) is 1.73. The Labute approximate surface area is 164 Å². The van der Waals surface area contributed by atoms with Gasteiger partial charge in [-0.2, -0.15) is 0 Å². The van der Waals surface area contributed by atoms with Crippen LogP contribution >= 0.6 is 0 Å². The van der Waals surface area contributed by atoms with Crippen molar-refractivity contribution in [1.82, 2.24) is 15.4 Å². The quantitative estimate of drug-likeness (QED) is 0.530. The summed E-state index contributed by atoms with van der Waals surface area (Å²) in [7, 11) is 0. The second-order valence-corrected chi connectivity index (χ2v) is 7.79. The Hall–Kier alpha value is -2.19. The molecule has 2 amide bonds. The summed E-state index contributed by atoms with van der Waals surface area (Å²) in [5.74, 6) is -0.118. The van der Waals surface area contributed by atoms with Crippen LogP contribution in [0.4, 0.5) is 5.82 Å². The number of carbonyl (C=O) groups excluding carboxylic acids is 2. The van der Waals surface area contributed by atoms with E-state index in [0.29, 0.717) is 24.7 Å². The maximum Gasteiger partial charge on any atom is 0.235 e. The van der Waals surface area contributed by atoms with Crippen molar-refractivity contribution in [3.8, 4) is 0 Å². The highest BCUT2D eigenvalue weighted by atomic mass is 16.5. The summed E-state index contributed by atoms with van der Waals surface area (Å²) >= 11 is 0. The normalized spacial score (nSPS) is 30.5. The molecule has 152 valence electrons. The second kappa shape index (κ2) is 7.33. The Balaban J connectivity index is 1.42. The second-order valence-electron chi connectivity index (χ2n) is 7.79. The monoisotopic (exact) mass is 388 g/mol. The first-order valence-electron chi connectivity index (χ1n) is 10.1. The van der Waals surface area contributed by atoms with Crippen LogP contribution in [0.15, 0.2) is 22.7 Å². The molecule has 4 heterocycles. The van der Waals surface area contributed by atoms with Crippen molar-refractivity contribution < 1.29 is 18.8 Å². The maximum absolute atomic E-state index is 13.1. The van der Waals surface area contributed by atoms with Crippen LogP contribution in [0.5, 0.6) is 0 Å². The minimum Gasteiger partial charge on any atom is -0.360 e. The van der Waals surface area contributed by atoms with Crippen LogP contribution in [0.3, 0.4) is 0 Å². The third kappa shape index (κ3) is 3.04. The molecule has 1 N–H and O–H groups in total. The van der Waals surface area contributed by atoms with E-state index < -0.39 is 17.4 Å². The van der Waals surface area contributed by atoms with Gasteiger partial charge in [0.15, 0.2) is 5.82 Å². The number of hydrogen-bond donors (Lipinski definition) is 1. The van der Waals surface area contributed by atoms with Crippen molar-refractivity contribution in [2.75, 3.05) is 37.6 Å². The fourth-order valence-electron chi connectivity index (χ4n) is 4.64. The molecular formula is C20H28N4O4. The number of amides is 2. The number of aromatic nitrogens is 1. The first-order chi connectivity index (χ1) is 13.5. The van der Waals surface area contributed by atoms with E-state index in [1.54, 1.807) is 17.9 Å². The van der Waals surface area contributed by atoms with Gasteiger partial charge in [0.25, 0.3) is 0 Å². The molecule has 28 heavy (non-hydrogen) atoms. The molecule has 2 saturated heterocycles. The van der Waals surface area contributed by atoms with E-state index in [9.17, 15) is 9.59 Å². The largest absolute Gasteiger partial charge is 0.360 e. The SMILES string of the molecule is CCN(CC)CCCNC(=O)C1C2C(=O)N(c3cc(C)on3)C[C@@]23C=C[C@@H]1O3. The van der Waals surface area contributed by atoms with Crippen molar-refractivity contribution in [2.24, 2.45) is 11.8 Å². The van der Waals surface area contributed by atoms with Gasteiger partial charge in [0.1, 0.15) is 11.4 Å². The van der Waals surface area contributed by atoms with Crippen LogP contribution < -0.4 is 10.2 Å².